The fraction of sp³-hybridized carbons (Fsp3) is 0.0410. The van der Waals surface area contributed by atoms with E-state index in [0.717, 1.165) is 111 Å². The van der Waals surface area contributed by atoms with Gasteiger partial charge < -0.3 is 14.2 Å². The molecular formula is C122H83N5O. The molecule has 18 aromatic carbocycles. The molecule has 6 heteroatoms. The van der Waals surface area contributed by atoms with Gasteiger partial charge >= 0.3 is 0 Å². The fourth-order valence-corrected chi connectivity index (χ4v) is 21.7. The third kappa shape index (κ3) is 11.5. The van der Waals surface area contributed by atoms with Crippen molar-refractivity contribution in [2.24, 2.45) is 0 Å². The smallest absolute Gasteiger partial charge is 0.143 e. The average Bonchev–Trinajstić information content (AvgIpc) is 1.51. The van der Waals surface area contributed by atoms with Crippen LogP contribution in [-0.4, -0.2) is 29.2 Å². The predicted molar refractivity (Wildman–Crippen MR) is 528 cm³/mol. The van der Waals surface area contributed by atoms with Gasteiger partial charge in [-0.25, -0.2) is 15.0 Å². The number of benzene rings is 18. The van der Waals surface area contributed by atoms with Crippen LogP contribution in [0.25, 0.3) is 155 Å². The van der Waals surface area contributed by atoms with Gasteiger partial charge in [0.15, 0.2) is 0 Å². The van der Waals surface area contributed by atoms with Crippen molar-refractivity contribution in [2.45, 2.75) is 30.3 Å². The summed E-state index contributed by atoms with van der Waals surface area (Å²) in [6.45, 7) is 4.29. The van der Waals surface area contributed by atoms with E-state index in [-0.39, 0.29) is 0 Å². The number of hydrogen-bond donors (Lipinski definition) is 1. The summed E-state index contributed by atoms with van der Waals surface area (Å²) in [6.07, 6.45) is 0. The van der Waals surface area contributed by atoms with Crippen molar-refractivity contribution in [3.05, 3.63) is 533 Å². The number of aromatic nitrogens is 5. The number of pyridine rings is 3. The Labute approximate surface area is 742 Å². The molecule has 0 radical (unpaired) electrons. The van der Waals surface area contributed by atoms with Crippen molar-refractivity contribution in [3.8, 4) is 78.5 Å². The van der Waals surface area contributed by atoms with E-state index in [9.17, 15) is 5.11 Å². The molecule has 3 aliphatic carbocycles. The van der Waals surface area contributed by atoms with Gasteiger partial charge in [0.25, 0.3) is 0 Å². The molecule has 0 saturated heterocycles. The second-order valence-electron chi connectivity index (χ2n) is 34.1. The molecule has 23 aromatic rings. The van der Waals surface area contributed by atoms with Crippen LogP contribution >= 0.6 is 0 Å². The third-order valence-corrected chi connectivity index (χ3v) is 27.1. The third-order valence-electron chi connectivity index (χ3n) is 27.1. The Bertz CT molecular complexity index is 7990. The van der Waals surface area contributed by atoms with Crippen molar-refractivity contribution < 1.29 is 5.11 Å². The second kappa shape index (κ2) is 30.3. The summed E-state index contributed by atoms with van der Waals surface area (Å²) in [4.78, 5) is 16.4. The first-order valence-electron chi connectivity index (χ1n) is 44.1. The summed E-state index contributed by atoms with van der Waals surface area (Å²) in [5.74, 6) is 0. The Morgan fingerprint density at radius 2 is 0.500 bits per heavy atom. The van der Waals surface area contributed by atoms with E-state index in [1.54, 1.807) is 0 Å². The summed E-state index contributed by atoms with van der Waals surface area (Å²) in [6, 6.07) is 166. The highest BCUT2D eigenvalue weighted by molar-refractivity contribution is 6.13. The fourth-order valence-electron chi connectivity index (χ4n) is 21.7. The lowest BCUT2D eigenvalue weighted by Crippen LogP contribution is -2.29. The first-order chi connectivity index (χ1) is 63.2. The number of rotatable bonds is 10. The zero-order valence-electron chi connectivity index (χ0n) is 70.6. The largest absolute Gasteiger partial charge is 0.376 e. The van der Waals surface area contributed by atoms with Crippen molar-refractivity contribution in [1.29, 1.82) is 0 Å². The molecule has 0 saturated carbocycles. The van der Waals surface area contributed by atoms with Gasteiger partial charge in [-0.05, 0) is 159 Å². The molecule has 0 bridgehead atoms. The van der Waals surface area contributed by atoms with E-state index in [1.165, 1.54) is 116 Å². The Morgan fingerprint density at radius 3 is 0.883 bits per heavy atom. The number of aryl methyl sites for hydroxylation is 2. The first-order valence-corrected chi connectivity index (χ1v) is 44.1. The van der Waals surface area contributed by atoms with E-state index < -0.39 is 16.4 Å². The minimum Gasteiger partial charge on any atom is -0.376 e. The topological polar surface area (TPSA) is 68.8 Å². The van der Waals surface area contributed by atoms with Crippen molar-refractivity contribution in [3.63, 3.8) is 0 Å². The summed E-state index contributed by atoms with van der Waals surface area (Å²) in [7, 11) is 0. The molecule has 26 rings (SSSR count). The van der Waals surface area contributed by atoms with Crippen LogP contribution in [0.1, 0.15) is 72.3 Å². The maximum atomic E-state index is 12.4. The minimum absolute atomic E-state index is 0.759. The maximum Gasteiger partial charge on any atom is 0.143 e. The quantitative estimate of drug-likeness (QED) is 0.148. The van der Waals surface area contributed by atoms with Crippen LogP contribution in [0, 0.1) is 13.8 Å². The highest BCUT2D eigenvalue weighted by atomic mass is 16.3. The van der Waals surface area contributed by atoms with Crippen LogP contribution in [0.2, 0.25) is 0 Å². The SMILES string of the molecule is Cc1ccc(-n2c3ccc(C4(c5ccccc5)c5ccccc5-c5nc6ccccc6c(-c6ccccc6)c54)cc3c3cc(C4(c5ccccc5)c5ccccc5-c5nc6ccccc6c(-c6ccccc6)c54)ccc32)cc1.Cc1ccc(-n2c3ccccc3c3ccccc32)cc1.OC1(c2ccccc2)c2ccccc2-c2nc3ccccc3c(-c3ccccc3)c21. The standard InChI is InChI=1S/C75H49N3.C28H19NO.C19H15N/c1-48-38-42-55(43-39-48)78-66-44-40-53(74(51-26-10-4-11-27-51)62-34-18-14-30-56(62)72-70(74)68(49-22-6-2-7-23-49)58-32-16-20-36-64(58)76-72)46-60(66)61-47-54(41-45-67(61)78)75(52-28-12-5-13-29-52)63-35-19-15-31-57(63)73-71(75)69(50-24-8-3-9-25-50)59-33-17-21-37-65(59)77-73;30-28(20-13-5-2-6-14-20)23-17-9-7-15-21(23)27-26(28)25(19-11-3-1-4-12-19)22-16-8-10-18-24(22)29-27;1-14-10-12-15(13-11-14)20-18-8-4-2-6-16(18)17-7-3-5-9-19(17)20/h2-47H,1H3;1-18,30H;2-13H,1H3. The van der Waals surface area contributed by atoms with E-state index in [0.29, 0.717) is 0 Å². The minimum atomic E-state index is -1.27. The highest BCUT2D eigenvalue weighted by Gasteiger charge is 2.52. The summed E-state index contributed by atoms with van der Waals surface area (Å²) in [5.41, 5.74) is 35.1. The lowest BCUT2D eigenvalue weighted by atomic mass is 9.65. The Balaban J connectivity index is 0.000000147. The molecule has 602 valence electrons. The Hall–Kier alpha value is -16.3. The summed E-state index contributed by atoms with van der Waals surface area (Å²) < 4.78 is 4.81. The van der Waals surface area contributed by atoms with Crippen LogP contribution in [0.3, 0.4) is 0 Å². The number of aliphatic hydroxyl groups is 1. The zero-order chi connectivity index (χ0) is 85.2. The molecule has 3 unspecified atom stereocenters. The number of hydrogen-bond acceptors (Lipinski definition) is 4. The van der Waals surface area contributed by atoms with E-state index >= 15 is 0 Å². The summed E-state index contributed by atoms with van der Waals surface area (Å²) in [5, 5.41) is 20.7. The van der Waals surface area contributed by atoms with Crippen LogP contribution in [0.5, 0.6) is 0 Å². The van der Waals surface area contributed by atoms with Gasteiger partial charge in [0, 0.05) is 93.6 Å². The van der Waals surface area contributed by atoms with Crippen molar-refractivity contribution in [1.82, 2.24) is 24.1 Å². The number of nitrogens with zero attached hydrogens (tertiary/aromatic N) is 5. The molecule has 0 fully saturated rings. The maximum absolute atomic E-state index is 12.4. The monoisotopic (exact) mass is 1630 g/mol. The molecule has 6 nitrogen and oxygen atoms in total. The highest BCUT2D eigenvalue weighted by Crippen LogP contribution is 2.63. The molecule has 0 amide bonds. The van der Waals surface area contributed by atoms with Crippen molar-refractivity contribution in [2.75, 3.05) is 0 Å². The van der Waals surface area contributed by atoms with Gasteiger partial charge in [-0.1, -0.05) is 393 Å². The van der Waals surface area contributed by atoms with Crippen LogP contribution in [-0.2, 0) is 16.4 Å². The van der Waals surface area contributed by atoms with E-state index in [1.807, 2.05) is 84.9 Å². The molecule has 3 atom stereocenters. The zero-order valence-corrected chi connectivity index (χ0v) is 70.6. The van der Waals surface area contributed by atoms with E-state index in [4.69, 9.17) is 15.0 Å². The van der Waals surface area contributed by atoms with Gasteiger partial charge in [-0.15, -0.1) is 0 Å². The molecule has 0 aliphatic heterocycles. The van der Waals surface area contributed by atoms with Gasteiger partial charge in [0.2, 0.25) is 0 Å². The molecule has 0 spiro atoms. The van der Waals surface area contributed by atoms with Gasteiger partial charge in [0.1, 0.15) is 5.60 Å². The average molecular weight is 1640 g/mol. The predicted octanol–water partition coefficient (Wildman–Crippen LogP) is 29.5. The van der Waals surface area contributed by atoms with Gasteiger partial charge in [-0.2, -0.15) is 0 Å². The summed E-state index contributed by atoms with van der Waals surface area (Å²) >= 11 is 0. The second-order valence-corrected chi connectivity index (χ2v) is 34.1. The Morgan fingerprint density at radius 1 is 0.219 bits per heavy atom. The number of para-hydroxylation sites is 5. The van der Waals surface area contributed by atoms with Crippen LogP contribution in [0.15, 0.2) is 461 Å². The molecular weight excluding hydrogens is 1550 g/mol. The van der Waals surface area contributed by atoms with Gasteiger partial charge in [0.05, 0.1) is 66.5 Å². The van der Waals surface area contributed by atoms with Crippen molar-refractivity contribution >= 4 is 76.3 Å². The van der Waals surface area contributed by atoms with Crippen LogP contribution < -0.4 is 0 Å². The molecule has 3 aliphatic rings. The lowest BCUT2D eigenvalue weighted by molar-refractivity contribution is 0.131. The first kappa shape index (κ1) is 75.5. The Kier molecular flexibility index (Phi) is 17.9. The van der Waals surface area contributed by atoms with E-state index in [2.05, 4.69) is 399 Å². The van der Waals surface area contributed by atoms with Gasteiger partial charge in [-0.3, -0.25) is 0 Å². The molecule has 1 N–H and O–H groups in total. The molecule has 5 aromatic heterocycles. The molecule has 128 heavy (non-hydrogen) atoms. The van der Waals surface area contributed by atoms with Crippen LogP contribution in [0.4, 0.5) is 0 Å². The number of fused-ring (bicyclic) bond motifs is 18. The molecule has 5 heterocycles. The lowest BCUT2D eigenvalue weighted by Gasteiger charge is -2.35. The normalized spacial score (nSPS) is 15.6.